The van der Waals surface area contributed by atoms with Crippen molar-refractivity contribution in [2.24, 2.45) is 23.2 Å². The molecule has 0 radical (unpaired) electrons. The Hall–Kier alpha value is -1.39. The minimum absolute atomic E-state index is 0.00709. The van der Waals surface area contributed by atoms with Crippen molar-refractivity contribution in [3.8, 4) is 0 Å². The van der Waals surface area contributed by atoms with Gasteiger partial charge in [0.25, 0.3) is 0 Å². The van der Waals surface area contributed by atoms with E-state index in [1.165, 1.54) is 30.4 Å². The quantitative estimate of drug-likeness (QED) is 0.580. The van der Waals surface area contributed by atoms with Crippen molar-refractivity contribution < 1.29 is 14.3 Å². The first kappa shape index (κ1) is 17.5. The average Bonchev–Trinajstić information content (AvgIpc) is 3.37. The second-order valence-corrected chi connectivity index (χ2v) is 10.3. The van der Waals surface area contributed by atoms with Gasteiger partial charge in [-0.25, -0.2) is 0 Å². The second kappa shape index (κ2) is 5.82. The number of carbonyl (C=O) groups excluding carboxylic acids is 1. The molecule has 4 nitrogen and oxygen atoms in total. The van der Waals surface area contributed by atoms with Crippen LogP contribution < -0.4 is 0 Å². The van der Waals surface area contributed by atoms with Crippen LogP contribution in [0, 0.1) is 23.2 Å². The first-order valence-electron chi connectivity index (χ1n) is 11.2. The van der Waals surface area contributed by atoms with E-state index in [2.05, 4.69) is 43.0 Å². The lowest BCUT2D eigenvalue weighted by atomic mass is 9.53. The highest BCUT2D eigenvalue weighted by atomic mass is 16.6. The van der Waals surface area contributed by atoms with Gasteiger partial charge in [0.2, 0.25) is 0 Å². The van der Waals surface area contributed by atoms with Gasteiger partial charge in [0.15, 0.2) is 0 Å². The Balaban J connectivity index is 1.24. The van der Waals surface area contributed by atoms with Crippen molar-refractivity contribution in [2.45, 2.75) is 70.3 Å². The SMILES string of the molecule is C[C@@H]1CCC[C@@]2(C)C[C@H]3OC(=O)[C@@H](CN4CCc5ccccc5C4)[C@@H]3[C@@H]3O[C@]132. The summed E-state index contributed by atoms with van der Waals surface area (Å²) >= 11 is 0. The molecule has 1 aromatic rings. The first-order valence-corrected chi connectivity index (χ1v) is 11.2. The number of epoxide rings is 1. The number of fused-ring (bicyclic) bond motifs is 3. The minimum atomic E-state index is -0.0293. The van der Waals surface area contributed by atoms with Crippen LogP contribution in [0.1, 0.15) is 50.7 Å². The van der Waals surface area contributed by atoms with Crippen LogP contribution in [0.4, 0.5) is 0 Å². The lowest BCUT2D eigenvalue weighted by molar-refractivity contribution is -0.146. The predicted octanol–water partition coefficient (Wildman–Crippen LogP) is 3.57. The molecule has 2 saturated carbocycles. The minimum Gasteiger partial charge on any atom is -0.462 e. The summed E-state index contributed by atoms with van der Waals surface area (Å²) in [6, 6.07) is 8.71. The molecule has 0 bridgehead atoms. The molecule has 0 N–H and O–H groups in total. The third kappa shape index (κ3) is 2.22. The molecule has 3 aliphatic heterocycles. The summed E-state index contributed by atoms with van der Waals surface area (Å²) in [4.78, 5) is 15.4. The lowest BCUT2D eigenvalue weighted by Crippen LogP contribution is -2.54. The molecule has 7 atom stereocenters. The molecule has 28 heavy (non-hydrogen) atoms. The Labute approximate surface area is 167 Å². The van der Waals surface area contributed by atoms with Crippen LogP contribution in [0.5, 0.6) is 0 Å². The molecule has 4 heteroatoms. The third-order valence-corrected chi connectivity index (χ3v) is 8.86. The lowest BCUT2D eigenvalue weighted by Gasteiger charge is -2.49. The normalized spacial score (nSPS) is 46.8. The third-order valence-electron chi connectivity index (χ3n) is 8.86. The highest BCUT2D eigenvalue weighted by molar-refractivity contribution is 5.76. The molecule has 0 unspecified atom stereocenters. The fourth-order valence-corrected chi connectivity index (χ4v) is 7.43. The Bertz CT molecular complexity index is 824. The molecule has 2 aliphatic carbocycles. The summed E-state index contributed by atoms with van der Waals surface area (Å²) in [7, 11) is 0. The van der Waals surface area contributed by atoms with Crippen LogP contribution in [0.25, 0.3) is 0 Å². The number of rotatable bonds is 2. The van der Waals surface area contributed by atoms with E-state index in [0.29, 0.717) is 5.92 Å². The van der Waals surface area contributed by atoms with E-state index >= 15 is 0 Å². The van der Waals surface area contributed by atoms with E-state index in [4.69, 9.17) is 9.47 Å². The summed E-state index contributed by atoms with van der Waals surface area (Å²) in [6.07, 6.45) is 6.09. The maximum absolute atomic E-state index is 12.9. The summed E-state index contributed by atoms with van der Waals surface area (Å²) in [5, 5.41) is 0. The highest BCUT2D eigenvalue weighted by Crippen LogP contribution is 2.70. The van der Waals surface area contributed by atoms with Gasteiger partial charge in [-0.3, -0.25) is 9.69 Å². The molecule has 4 fully saturated rings. The van der Waals surface area contributed by atoms with Crippen LogP contribution in [-0.4, -0.2) is 41.8 Å². The van der Waals surface area contributed by atoms with Gasteiger partial charge < -0.3 is 9.47 Å². The summed E-state index contributed by atoms with van der Waals surface area (Å²) < 4.78 is 12.6. The van der Waals surface area contributed by atoms with E-state index in [9.17, 15) is 4.79 Å². The Morgan fingerprint density at radius 3 is 2.93 bits per heavy atom. The van der Waals surface area contributed by atoms with Crippen molar-refractivity contribution in [2.75, 3.05) is 13.1 Å². The van der Waals surface area contributed by atoms with Crippen LogP contribution >= 0.6 is 0 Å². The molecular weight excluding hydrogens is 350 g/mol. The van der Waals surface area contributed by atoms with E-state index in [1.54, 1.807) is 0 Å². The molecule has 1 aromatic carbocycles. The van der Waals surface area contributed by atoms with Crippen molar-refractivity contribution in [3.05, 3.63) is 35.4 Å². The van der Waals surface area contributed by atoms with Gasteiger partial charge in [0.05, 0.1) is 12.0 Å². The van der Waals surface area contributed by atoms with Crippen LogP contribution in [0.3, 0.4) is 0 Å². The smallest absolute Gasteiger partial charge is 0.311 e. The zero-order valence-corrected chi connectivity index (χ0v) is 17.0. The Kier molecular flexibility index (Phi) is 3.63. The Morgan fingerprint density at radius 2 is 2.07 bits per heavy atom. The van der Waals surface area contributed by atoms with E-state index in [0.717, 1.165) is 32.5 Å². The molecular formula is C24H31NO3. The maximum atomic E-state index is 12.9. The van der Waals surface area contributed by atoms with Gasteiger partial charge in [-0.15, -0.1) is 0 Å². The fraction of sp³-hybridized carbons (Fsp3) is 0.708. The van der Waals surface area contributed by atoms with Crippen LogP contribution in [0.15, 0.2) is 24.3 Å². The number of esters is 1. The van der Waals surface area contributed by atoms with Crippen molar-refractivity contribution >= 4 is 5.97 Å². The molecule has 3 heterocycles. The van der Waals surface area contributed by atoms with E-state index < -0.39 is 0 Å². The summed E-state index contributed by atoms with van der Waals surface area (Å²) in [5.41, 5.74) is 3.05. The number of carbonyl (C=O) groups is 1. The number of ether oxygens (including phenoxy) is 2. The summed E-state index contributed by atoms with van der Waals surface area (Å²) in [5.74, 6) is 0.835. The number of hydrogen-bond donors (Lipinski definition) is 0. The summed E-state index contributed by atoms with van der Waals surface area (Å²) in [6.45, 7) is 7.55. The molecule has 2 saturated heterocycles. The van der Waals surface area contributed by atoms with Gasteiger partial charge in [-0.05, 0) is 42.7 Å². The average molecular weight is 382 g/mol. The van der Waals surface area contributed by atoms with Gasteiger partial charge in [0.1, 0.15) is 11.7 Å². The number of hydrogen-bond acceptors (Lipinski definition) is 4. The van der Waals surface area contributed by atoms with Crippen LogP contribution in [-0.2, 0) is 27.2 Å². The van der Waals surface area contributed by atoms with E-state index in [-0.39, 0.29) is 41.0 Å². The van der Waals surface area contributed by atoms with Gasteiger partial charge >= 0.3 is 5.97 Å². The molecule has 1 spiro atoms. The fourth-order valence-electron chi connectivity index (χ4n) is 7.43. The van der Waals surface area contributed by atoms with Gasteiger partial charge in [-0.1, -0.05) is 44.5 Å². The second-order valence-electron chi connectivity index (χ2n) is 10.3. The highest BCUT2D eigenvalue weighted by Gasteiger charge is 2.78. The largest absolute Gasteiger partial charge is 0.462 e. The molecule has 5 aliphatic rings. The van der Waals surface area contributed by atoms with Crippen molar-refractivity contribution in [3.63, 3.8) is 0 Å². The standard InChI is InChI=1S/C24H31NO3/c1-15-6-5-10-23(2)12-19-20(21-24(15,23)28-21)18(22(26)27-19)14-25-11-9-16-7-3-4-8-17(16)13-25/h3-4,7-8,15,18-21H,5-6,9-14H2,1-2H3/t15-,18+,19-,20+,21+,23+,24-/m1/s1. The zero-order valence-electron chi connectivity index (χ0n) is 17.0. The van der Waals surface area contributed by atoms with Crippen LogP contribution in [0.2, 0.25) is 0 Å². The Morgan fingerprint density at radius 1 is 1.25 bits per heavy atom. The monoisotopic (exact) mass is 381 g/mol. The van der Waals surface area contributed by atoms with Gasteiger partial charge in [-0.2, -0.15) is 0 Å². The first-order chi connectivity index (χ1) is 13.5. The van der Waals surface area contributed by atoms with Crippen molar-refractivity contribution in [1.82, 2.24) is 4.90 Å². The molecule has 150 valence electrons. The zero-order chi connectivity index (χ0) is 19.1. The molecule has 6 rings (SSSR count). The van der Waals surface area contributed by atoms with Gasteiger partial charge in [0, 0.05) is 31.0 Å². The van der Waals surface area contributed by atoms with Crippen molar-refractivity contribution in [1.29, 1.82) is 0 Å². The topological polar surface area (TPSA) is 42.1 Å². The molecule has 0 aromatic heterocycles. The van der Waals surface area contributed by atoms with E-state index in [1.807, 2.05) is 0 Å². The number of benzene rings is 1. The predicted molar refractivity (Wildman–Crippen MR) is 106 cm³/mol. The number of nitrogens with zero attached hydrogens (tertiary/aromatic N) is 1. The maximum Gasteiger partial charge on any atom is 0.311 e. The molecule has 0 amide bonds.